The second-order valence-corrected chi connectivity index (χ2v) is 5.21. The first kappa shape index (κ1) is 12.2. The Labute approximate surface area is 103 Å². The van der Waals surface area contributed by atoms with E-state index in [1.807, 2.05) is 0 Å². The Balaban J connectivity index is 0.000000963. The number of amides is 1. The lowest BCUT2D eigenvalue weighted by atomic mass is 10.0. The Bertz CT molecular complexity index is 250. The molecule has 2 bridgehead atoms. The van der Waals surface area contributed by atoms with E-state index in [1.165, 1.54) is 38.5 Å². The van der Waals surface area contributed by atoms with E-state index in [2.05, 4.69) is 10.2 Å². The zero-order valence-corrected chi connectivity index (χ0v) is 10.5. The van der Waals surface area contributed by atoms with Gasteiger partial charge in [-0.2, -0.15) is 0 Å². The normalized spacial score (nSPS) is 37.2. The van der Waals surface area contributed by atoms with Gasteiger partial charge in [0.05, 0.1) is 6.04 Å². The van der Waals surface area contributed by atoms with E-state index in [0.717, 1.165) is 13.0 Å². The molecule has 3 aliphatic rings. The van der Waals surface area contributed by atoms with Crippen molar-refractivity contribution >= 4 is 18.3 Å². The van der Waals surface area contributed by atoms with Gasteiger partial charge in [0.25, 0.3) is 0 Å². The molecule has 0 spiro atoms. The van der Waals surface area contributed by atoms with Crippen molar-refractivity contribution in [2.45, 2.75) is 63.1 Å². The fourth-order valence-corrected chi connectivity index (χ4v) is 3.55. The molecule has 92 valence electrons. The summed E-state index contributed by atoms with van der Waals surface area (Å²) in [7, 11) is 0. The van der Waals surface area contributed by atoms with Crippen LogP contribution in [-0.4, -0.2) is 35.5 Å². The molecule has 1 N–H and O–H groups in total. The van der Waals surface area contributed by atoms with E-state index in [9.17, 15) is 4.79 Å². The first-order valence-corrected chi connectivity index (χ1v) is 6.42. The third-order valence-corrected chi connectivity index (χ3v) is 4.31. The number of hydrogen-bond acceptors (Lipinski definition) is 2. The molecular weight excluding hydrogens is 224 g/mol. The van der Waals surface area contributed by atoms with E-state index < -0.39 is 0 Å². The fraction of sp³-hybridized carbons (Fsp3) is 0.917. The maximum atomic E-state index is 12.3. The molecule has 3 nitrogen and oxygen atoms in total. The van der Waals surface area contributed by atoms with Gasteiger partial charge in [0, 0.05) is 12.1 Å². The van der Waals surface area contributed by atoms with Gasteiger partial charge in [0.1, 0.15) is 0 Å². The molecule has 2 unspecified atom stereocenters. The molecule has 3 aliphatic heterocycles. The van der Waals surface area contributed by atoms with Crippen LogP contribution in [0.25, 0.3) is 0 Å². The summed E-state index contributed by atoms with van der Waals surface area (Å²) in [6.45, 7) is 1.03. The van der Waals surface area contributed by atoms with Gasteiger partial charge in [-0.1, -0.05) is 0 Å². The van der Waals surface area contributed by atoms with Gasteiger partial charge in [0.15, 0.2) is 0 Å². The standard InChI is InChI=1S/C12H20N2O.ClH/c15-12(11-5-2-8-13-11)14-9-3-1-4-10(14)7-6-9;/h9-11,13H,1-8H2;1H/t9?,10?,11-;/m0./s1. The topological polar surface area (TPSA) is 32.3 Å². The molecule has 16 heavy (non-hydrogen) atoms. The molecule has 3 atom stereocenters. The number of nitrogens with one attached hydrogen (secondary N) is 1. The van der Waals surface area contributed by atoms with Crippen LogP contribution in [-0.2, 0) is 4.79 Å². The predicted molar refractivity (Wildman–Crippen MR) is 65.8 cm³/mol. The van der Waals surface area contributed by atoms with Crippen LogP contribution in [0.1, 0.15) is 44.9 Å². The number of halogens is 1. The summed E-state index contributed by atoms with van der Waals surface area (Å²) in [5.74, 6) is 0.403. The third-order valence-electron chi connectivity index (χ3n) is 4.31. The van der Waals surface area contributed by atoms with Gasteiger partial charge in [-0.25, -0.2) is 0 Å². The third kappa shape index (κ3) is 1.95. The average molecular weight is 245 g/mol. The largest absolute Gasteiger partial charge is 0.335 e. The lowest BCUT2D eigenvalue weighted by Crippen LogP contribution is -2.50. The second kappa shape index (κ2) is 4.92. The smallest absolute Gasteiger partial charge is 0.240 e. The summed E-state index contributed by atoms with van der Waals surface area (Å²) < 4.78 is 0. The zero-order valence-electron chi connectivity index (χ0n) is 9.65. The van der Waals surface area contributed by atoms with E-state index in [1.54, 1.807) is 0 Å². The van der Waals surface area contributed by atoms with Crippen LogP contribution in [0.15, 0.2) is 0 Å². The summed E-state index contributed by atoms with van der Waals surface area (Å²) in [5, 5.41) is 3.33. The molecule has 0 radical (unpaired) electrons. The number of rotatable bonds is 1. The van der Waals surface area contributed by atoms with Crippen molar-refractivity contribution in [1.29, 1.82) is 0 Å². The number of fused-ring (bicyclic) bond motifs is 2. The lowest BCUT2D eigenvalue weighted by molar-refractivity contribution is -0.137. The minimum Gasteiger partial charge on any atom is -0.335 e. The van der Waals surface area contributed by atoms with Gasteiger partial charge in [-0.05, 0) is 51.5 Å². The Morgan fingerprint density at radius 1 is 1.00 bits per heavy atom. The average Bonchev–Trinajstić information content (AvgIpc) is 2.85. The summed E-state index contributed by atoms with van der Waals surface area (Å²) >= 11 is 0. The van der Waals surface area contributed by atoms with Crippen LogP contribution in [0.2, 0.25) is 0 Å². The second-order valence-electron chi connectivity index (χ2n) is 5.21. The Kier molecular flexibility index (Phi) is 3.75. The molecule has 0 aromatic heterocycles. The zero-order chi connectivity index (χ0) is 10.3. The van der Waals surface area contributed by atoms with Crippen LogP contribution in [0.4, 0.5) is 0 Å². The number of carbonyl (C=O) groups is 1. The molecule has 3 rings (SSSR count). The Morgan fingerprint density at radius 2 is 1.69 bits per heavy atom. The Morgan fingerprint density at radius 3 is 2.25 bits per heavy atom. The molecule has 3 heterocycles. The van der Waals surface area contributed by atoms with Crippen molar-refractivity contribution in [2.24, 2.45) is 0 Å². The predicted octanol–water partition coefficient (Wildman–Crippen LogP) is 1.70. The molecule has 1 amide bonds. The fourth-order valence-electron chi connectivity index (χ4n) is 3.55. The highest BCUT2D eigenvalue weighted by Gasteiger charge is 2.41. The Hall–Kier alpha value is -0.280. The molecular formula is C12H21ClN2O. The molecule has 0 aromatic carbocycles. The maximum Gasteiger partial charge on any atom is 0.240 e. The minimum atomic E-state index is 0. The SMILES string of the molecule is Cl.O=C([C@@H]1CCCN1)N1C2CCCC1CC2. The van der Waals surface area contributed by atoms with Crippen LogP contribution in [0, 0.1) is 0 Å². The van der Waals surface area contributed by atoms with Crippen molar-refractivity contribution in [3.8, 4) is 0 Å². The molecule has 0 saturated carbocycles. The van der Waals surface area contributed by atoms with E-state index in [4.69, 9.17) is 0 Å². The van der Waals surface area contributed by atoms with Gasteiger partial charge in [-0.3, -0.25) is 4.79 Å². The number of carbonyl (C=O) groups excluding carboxylic acids is 1. The van der Waals surface area contributed by atoms with Crippen molar-refractivity contribution in [3.05, 3.63) is 0 Å². The van der Waals surface area contributed by atoms with Crippen LogP contribution in [0.3, 0.4) is 0 Å². The number of piperidine rings is 1. The van der Waals surface area contributed by atoms with E-state index in [0.29, 0.717) is 18.0 Å². The van der Waals surface area contributed by atoms with Gasteiger partial charge >= 0.3 is 0 Å². The first-order valence-electron chi connectivity index (χ1n) is 6.42. The molecule has 0 aliphatic carbocycles. The van der Waals surface area contributed by atoms with Gasteiger partial charge in [-0.15, -0.1) is 12.4 Å². The van der Waals surface area contributed by atoms with Crippen LogP contribution < -0.4 is 5.32 Å². The van der Waals surface area contributed by atoms with Crippen LogP contribution >= 0.6 is 12.4 Å². The summed E-state index contributed by atoms with van der Waals surface area (Å²) in [4.78, 5) is 14.6. The highest BCUT2D eigenvalue weighted by Crippen LogP contribution is 2.36. The van der Waals surface area contributed by atoms with Crippen molar-refractivity contribution < 1.29 is 4.79 Å². The van der Waals surface area contributed by atoms with Crippen molar-refractivity contribution in [1.82, 2.24) is 10.2 Å². The van der Waals surface area contributed by atoms with Gasteiger partial charge in [0.2, 0.25) is 5.91 Å². The van der Waals surface area contributed by atoms with E-state index in [-0.39, 0.29) is 18.4 Å². The van der Waals surface area contributed by atoms with Crippen molar-refractivity contribution in [2.75, 3.05) is 6.54 Å². The highest BCUT2D eigenvalue weighted by molar-refractivity contribution is 5.85. The minimum absolute atomic E-state index is 0. The highest BCUT2D eigenvalue weighted by atomic mass is 35.5. The quantitative estimate of drug-likeness (QED) is 0.762. The van der Waals surface area contributed by atoms with E-state index >= 15 is 0 Å². The maximum absolute atomic E-state index is 12.3. The lowest BCUT2D eigenvalue weighted by Gasteiger charge is -2.36. The van der Waals surface area contributed by atoms with Crippen LogP contribution in [0.5, 0.6) is 0 Å². The van der Waals surface area contributed by atoms with Gasteiger partial charge < -0.3 is 10.2 Å². The van der Waals surface area contributed by atoms with Crippen molar-refractivity contribution in [3.63, 3.8) is 0 Å². The summed E-state index contributed by atoms with van der Waals surface area (Å²) in [6, 6.07) is 1.31. The molecule has 3 fully saturated rings. The first-order chi connectivity index (χ1) is 7.36. The number of hydrogen-bond donors (Lipinski definition) is 1. The summed E-state index contributed by atoms with van der Waals surface area (Å²) in [6.07, 6.45) is 8.54. The molecule has 4 heteroatoms. The molecule has 0 aromatic rings. The monoisotopic (exact) mass is 244 g/mol. The summed E-state index contributed by atoms with van der Waals surface area (Å²) in [5.41, 5.74) is 0. The number of nitrogens with zero attached hydrogens (tertiary/aromatic N) is 1. The molecule has 3 saturated heterocycles.